The molecule has 32 heavy (non-hydrogen) atoms. The molecule has 1 unspecified atom stereocenters. The van der Waals surface area contributed by atoms with Crippen molar-refractivity contribution >= 4 is 23.4 Å². The van der Waals surface area contributed by atoms with Crippen LogP contribution >= 0.6 is 11.6 Å². The third kappa shape index (κ3) is 6.44. The van der Waals surface area contributed by atoms with E-state index in [2.05, 4.69) is 11.4 Å². The van der Waals surface area contributed by atoms with Crippen molar-refractivity contribution in [1.82, 2.24) is 10.2 Å². The van der Waals surface area contributed by atoms with Gasteiger partial charge in [0.1, 0.15) is 6.04 Å². The quantitative estimate of drug-likeness (QED) is 0.502. The summed E-state index contributed by atoms with van der Waals surface area (Å²) in [5.74, 6) is -0.247. The summed E-state index contributed by atoms with van der Waals surface area (Å²) in [6.07, 6.45) is 1.25. The highest BCUT2D eigenvalue weighted by Gasteiger charge is 2.29. The monoisotopic (exact) mass is 448 g/mol. The Morgan fingerprint density at radius 1 is 0.938 bits per heavy atom. The molecule has 4 nitrogen and oxygen atoms in total. The number of nitrogens with one attached hydrogen (secondary N) is 1. The highest BCUT2D eigenvalue weighted by atomic mass is 35.5. The Kier molecular flexibility index (Phi) is 8.46. The Hall–Kier alpha value is -3.11. The van der Waals surface area contributed by atoms with Gasteiger partial charge in [-0.1, -0.05) is 90.0 Å². The molecule has 3 rings (SSSR count). The molecule has 166 valence electrons. The molecule has 0 saturated carbocycles. The normalized spacial score (nSPS) is 11.6. The van der Waals surface area contributed by atoms with Crippen LogP contribution in [0.1, 0.15) is 28.7 Å². The number of rotatable bonds is 9. The summed E-state index contributed by atoms with van der Waals surface area (Å²) in [4.78, 5) is 28.1. The molecule has 1 N–H and O–H groups in total. The van der Waals surface area contributed by atoms with Gasteiger partial charge >= 0.3 is 0 Å². The zero-order valence-electron chi connectivity index (χ0n) is 18.6. The number of carbonyl (C=O) groups excluding carboxylic acids is 2. The minimum atomic E-state index is -0.610. The van der Waals surface area contributed by atoms with Crippen molar-refractivity contribution in [2.75, 3.05) is 7.05 Å². The second-order valence-corrected chi connectivity index (χ2v) is 8.33. The molecule has 0 aliphatic carbocycles. The van der Waals surface area contributed by atoms with Crippen LogP contribution in [0.4, 0.5) is 0 Å². The molecule has 2 amide bonds. The lowest BCUT2D eigenvalue weighted by molar-refractivity contribution is -0.141. The number of hydrogen-bond acceptors (Lipinski definition) is 2. The average molecular weight is 449 g/mol. The van der Waals surface area contributed by atoms with E-state index in [9.17, 15) is 9.59 Å². The summed E-state index contributed by atoms with van der Waals surface area (Å²) in [6.45, 7) is 2.39. The summed E-state index contributed by atoms with van der Waals surface area (Å²) in [6, 6.07) is 24.8. The summed E-state index contributed by atoms with van der Waals surface area (Å²) in [5.41, 5.74) is 4.05. The molecule has 3 aromatic carbocycles. The molecule has 0 aliphatic heterocycles. The number of halogens is 1. The van der Waals surface area contributed by atoms with Gasteiger partial charge in [-0.15, -0.1) is 0 Å². The van der Waals surface area contributed by atoms with E-state index >= 15 is 0 Å². The van der Waals surface area contributed by atoms with Gasteiger partial charge in [-0.3, -0.25) is 9.59 Å². The summed E-state index contributed by atoms with van der Waals surface area (Å²) < 4.78 is 0. The summed E-state index contributed by atoms with van der Waals surface area (Å²) in [5, 5.41) is 3.40. The van der Waals surface area contributed by atoms with Crippen molar-refractivity contribution in [3.8, 4) is 0 Å². The highest BCUT2D eigenvalue weighted by molar-refractivity contribution is 6.31. The van der Waals surface area contributed by atoms with Crippen molar-refractivity contribution in [3.05, 3.63) is 106 Å². The predicted octanol–water partition coefficient (Wildman–Crippen LogP) is 4.97. The van der Waals surface area contributed by atoms with Gasteiger partial charge in [-0.25, -0.2) is 0 Å². The predicted molar refractivity (Wildman–Crippen MR) is 130 cm³/mol. The number of hydrogen-bond donors (Lipinski definition) is 1. The van der Waals surface area contributed by atoms with Crippen molar-refractivity contribution in [1.29, 1.82) is 0 Å². The van der Waals surface area contributed by atoms with E-state index in [1.807, 2.05) is 79.7 Å². The van der Waals surface area contributed by atoms with E-state index in [0.29, 0.717) is 24.4 Å². The number of likely N-dealkylation sites (N-methyl/N-ethyl adjacent to an activating group) is 1. The molecule has 3 aromatic rings. The van der Waals surface area contributed by atoms with E-state index in [1.54, 1.807) is 11.9 Å². The lowest BCUT2D eigenvalue weighted by Crippen LogP contribution is -2.49. The lowest BCUT2D eigenvalue weighted by atomic mass is 10.0. The second-order valence-electron chi connectivity index (χ2n) is 7.92. The minimum Gasteiger partial charge on any atom is -0.357 e. The smallest absolute Gasteiger partial charge is 0.242 e. The number of benzene rings is 3. The molecule has 1 atom stereocenters. The molecule has 0 spiro atoms. The molecule has 0 heterocycles. The van der Waals surface area contributed by atoms with E-state index < -0.39 is 6.04 Å². The van der Waals surface area contributed by atoms with Crippen LogP contribution in [0.15, 0.2) is 78.9 Å². The second kappa shape index (κ2) is 11.5. The average Bonchev–Trinajstić information content (AvgIpc) is 2.81. The first-order valence-corrected chi connectivity index (χ1v) is 11.2. The van der Waals surface area contributed by atoms with Gasteiger partial charge in [-0.05, 0) is 36.1 Å². The SMILES string of the molecule is CNC(=O)C(Cc1ccccc1)N(Cc1cccc(C)c1)C(=O)CCc1ccccc1Cl. The van der Waals surface area contributed by atoms with Crippen molar-refractivity contribution in [2.24, 2.45) is 0 Å². The van der Waals surface area contributed by atoms with Gasteiger partial charge in [0.05, 0.1) is 0 Å². The molecule has 0 aromatic heterocycles. The number of carbonyl (C=O) groups is 2. The Bertz CT molecular complexity index is 1050. The number of aryl methyl sites for hydroxylation is 2. The lowest BCUT2D eigenvalue weighted by Gasteiger charge is -2.31. The van der Waals surface area contributed by atoms with Crippen molar-refractivity contribution < 1.29 is 9.59 Å². The zero-order valence-corrected chi connectivity index (χ0v) is 19.3. The first-order valence-electron chi connectivity index (χ1n) is 10.8. The molecule has 0 bridgehead atoms. The first-order chi connectivity index (χ1) is 15.5. The highest BCUT2D eigenvalue weighted by Crippen LogP contribution is 2.20. The van der Waals surface area contributed by atoms with Gasteiger partial charge in [0.25, 0.3) is 0 Å². The van der Waals surface area contributed by atoms with Crippen LogP contribution in [0.5, 0.6) is 0 Å². The maximum absolute atomic E-state index is 13.5. The zero-order chi connectivity index (χ0) is 22.9. The van der Waals surface area contributed by atoms with Gasteiger partial charge in [0, 0.05) is 31.5 Å². The van der Waals surface area contributed by atoms with E-state index in [1.165, 1.54) is 0 Å². The molecule has 0 fully saturated rings. The molecule has 0 radical (unpaired) electrons. The van der Waals surface area contributed by atoms with Crippen LogP contribution in [-0.2, 0) is 29.0 Å². The molecular formula is C27H29ClN2O2. The molecule has 0 saturated heterocycles. The van der Waals surface area contributed by atoms with Gasteiger partial charge < -0.3 is 10.2 Å². The third-order valence-electron chi connectivity index (χ3n) is 5.52. The van der Waals surface area contributed by atoms with Crippen LogP contribution in [0.25, 0.3) is 0 Å². The van der Waals surface area contributed by atoms with Gasteiger partial charge in [0.2, 0.25) is 11.8 Å². The van der Waals surface area contributed by atoms with Crippen LogP contribution in [0.2, 0.25) is 5.02 Å². The van der Waals surface area contributed by atoms with E-state index in [-0.39, 0.29) is 18.2 Å². The fourth-order valence-corrected chi connectivity index (χ4v) is 4.04. The Balaban J connectivity index is 1.88. The minimum absolute atomic E-state index is 0.0732. The van der Waals surface area contributed by atoms with E-state index in [4.69, 9.17) is 11.6 Å². The Morgan fingerprint density at radius 3 is 2.31 bits per heavy atom. The fourth-order valence-electron chi connectivity index (χ4n) is 3.81. The van der Waals surface area contributed by atoms with Crippen molar-refractivity contribution in [3.63, 3.8) is 0 Å². The van der Waals surface area contributed by atoms with Crippen molar-refractivity contribution in [2.45, 2.75) is 38.8 Å². The third-order valence-corrected chi connectivity index (χ3v) is 5.89. The Labute approximate surface area is 195 Å². The molecular weight excluding hydrogens is 420 g/mol. The maximum atomic E-state index is 13.5. The summed E-state index contributed by atoms with van der Waals surface area (Å²) in [7, 11) is 1.61. The molecule has 5 heteroatoms. The van der Waals surface area contributed by atoms with Gasteiger partial charge in [-0.2, -0.15) is 0 Å². The van der Waals surface area contributed by atoms with Crippen LogP contribution in [-0.4, -0.2) is 29.8 Å². The first kappa shape index (κ1) is 23.6. The van der Waals surface area contributed by atoms with Crippen LogP contribution < -0.4 is 5.32 Å². The molecule has 0 aliphatic rings. The largest absolute Gasteiger partial charge is 0.357 e. The summed E-state index contributed by atoms with van der Waals surface area (Å²) >= 11 is 6.29. The van der Waals surface area contributed by atoms with Crippen LogP contribution in [0.3, 0.4) is 0 Å². The standard InChI is InChI=1S/C27H29ClN2O2/c1-20-9-8-12-22(17-20)19-30(26(31)16-15-23-13-6-7-14-24(23)28)25(27(32)29-2)18-21-10-4-3-5-11-21/h3-14,17,25H,15-16,18-19H2,1-2H3,(H,29,32). The maximum Gasteiger partial charge on any atom is 0.242 e. The van der Waals surface area contributed by atoms with E-state index in [0.717, 1.165) is 22.3 Å². The number of amides is 2. The van der Waals surface area contributed by atoms with Gasteiger partial charge in [0.15, 0.2) is 0 Å². The topological polar surface area (TPSA) is 49.4 Å². The number of nitrogens with zero attached hydrogens (tertiary/aromatic N) is 1. The fraction of sp³-hybridized carbons (Fsp3) is 0.259. The van der Waals surface area contributed by atoms with Crippen LogP contribution in [0, 0.1) is 6.92 Å². The Morgan fingerprint density at radius 2 is 1.62 bits per heavy atom.